The fourth-order valence-electron chi connectivity index (χ4n) is 2.94. The number of nitrogens with zero attached hydrogens (tertiary/aromatic N) is 3. The largest absolute Gasteiger partial charge is 0.309 e. The predicted octanol–water partition coefficient (Wildman–Crippen LogP) is 2.00. The SMILES string of the molecule is CC1CN(S(=O)(=O)C(C)C)CCC1NCc1cnn(C(C)C)c1. The van der Waals surface area contributed by atoms with E-state index < -0.39 is 10.0 Å². The highest BCUT2D eigenvalue weighted by molar-refractivity contribution is 7.89. The van der Waals surface area contributed by atoms with Crippen LogP contribution in [0.5, 0.6) is 0 Å². The van der Waals surface area contributed by atoms with Crippen molar-refractivity contribution in [2.75, 3.05) is 13.1 Å². The number of aromatic nitrogens is 2. The molecule has 6 nitrogen and oxygen atoms in total. The summed E-state index contributed by atoms with van der Waals surface area (Å²) in [6, 6.07) is 0.711. The molecule has 1 saturated heterocycles. The van der Waals surface area contributed by atoms with Gasteiger partial charge in [0.25, 0.3) is 0 Å². The fourth-order valence-corrected chi connectivity index (χ4v) is 4.34. The molecule has 2 atom stereocenters. The highest BCUT2D eigenvalue weighted by Crippen LogP contribution is 2.22. The fraction of sp³-hybridized carbons (Fsp3) is 0.812. The van der Waals surface area contributed by atoms with E-state index in [1.807, 2.05) is 10.9 Å². The van der Waals surface area contributed by atoms with Crippen LogP contribution in [0.4, 0.5) is 0 Å². The summed E-state index contributed by atoms with van der Waals surface area (Å²) >= 11 is 0. The highest BCUT2D eigenvalue weighted by atomic mass is 32.2. The minimum atomic E-state index is -3.14. The Morgan fingerprint density at radius 1 is 1.35 bits per heavy atom. The Labute approximate surface area is 140 Å². The maximum atomic E-state index is 12.3. The third-order valence-electron chi connectivity index (χ3n) is 4.58. The zero-order valence-corrected chi connectivity index (χ0v) is 15.7. The average Bonchev–Trinajstić information content (AvgIpc) is 2.94. The van der Waals surface area contributed by atoms with Crippen molar-refractivity contribution in [3.63, 3.8) is 0 Å². The lowest BCUT2D eigenvalue weighted by Gasteiger charge is -2.37. The summed E-state index contributed by atoms with van der Waals surface area (Å²) in [5.74, 6) is 0.303. The maximum absolute atomic E-state index is 12.3. The molecule has 23 heavy (non-hydrogen) atoms. The van der Waals surface area contributed by atoms with Crippen molar-refractivity contribution in [1.82, 2.24) is 19.4 Å². The molecule has 0 bridgehead atoms. The molecule has 1 aromatic rings. The number of sulfonamides is 1. The molecule has 1 N–H and O–H groups in total. The smallest absolute Gasteiger partial charge is 0.216 e. The minimum absolute atomic E-state index is 0.303. The van der Waals surface area contributed by atoms with Crippen LogP contribution in [-0.2, 0) is 16.6 Å². The molecular formula is C16H30N4O2S. The van der Waals surface area contributed by atoms with Gasteiger partial charge < -0.3 is 5.32 Å². The lowest BCUT2D eigenvalue weighted by Crippen LogP contribution is -2.51. The van der Waals surface area contributed by atoms with Crippen LogP contribution in [0.3, 0.4) is 0 Å². The summed E-state index contributed by atoms with van der Waals surface area (Å²) in [7, 11) is -3.14. The zero-order valence-electron chi connectivity index (χ0n) is 14.9. The third-order valence-corrected chi connectivity index (χ3v) is 6.82. The topological polar surface area (TPSA) is 67.2 Å². The van der Waals surface area contributed by atoms with Crippen LogP contribution in [0, 0.1) is 5.92 Å². The molecule has 1 aliphatic heterocycles. The maximum Gasteiger partial charge on any atom is 0.216 e. The van der Waals surface area contributed by atoms with E-state index in [-0.39, 0.29) is 5.25 Å². The Morgan fingerprint density at radius 3 is 2.57 bits per heavy atom. The molecule has 0 amide bonds. The van der Waals surface area contributed by atoms with Gasteiger partial charge in [-0.05, 0) is 40.0 Å². The van der Waals surface area contributed by atoms with E-state index in [4.69, 9.17) is 0 Å². The van der Waals surface area contributed by atoms with E-state index in [0.29, 0.717) is 31.1 Å². The number of hydrogen-bond donors (Lipinski definition) is 1. The number of nitrogens with one attached hydrogen (secondary N) is 1. The van der Waals surface area contributed by atoms with Crippen LogP contribution >= 0.6 is 0 Å². The Hall–Kier alpha value is -0.920. The molecule has 0 saturated carbocycles. The lowest BCUT2D eigenvalue weighted by atomic mass is 9.95. The molecular weight excluding hydrogens is 312 g/mol. The number of piperidine rings is 1. The first-order chi connectivity index (χ1) is 10.7. The average molecular weight is 343 g/mol. The lowest BCUT2D eigenvalue weighted by molar-refractivity contribution is 0.218. The second-order valence-corrected chi connectivity index (χ2v) is 9.62. The molecule has 2 unspecified atom stereocenters. The molecule has 7 heteroatoms. The zero-order chi connectivity index (χ0) is 17.2. The van der Waals surface area contributed by atoms with Gasteiger partial charge in [-0.15, -0.1) is 0 Å². The van der Waals surface area contributed by atoms with Gasteiger partial charge in [-0.1, -0.05) is 6.92 Å². The first kappa shape index (κ1) is 18.4. The van der Waals surface area contributed by atoms with Gasteiger partial charge in [0.2, 0.25) is 10.0 Å². The van der Waals surface area contributed by atoms with Crippen LogP contribution in [0.15, 0.2) is 12.4 Å². The molecule has 1 aromatic heterocycles. The Kier molecular flexibility index (Phi) is 5.86. The van der Waals surface area contributed by atoms with Gasteiger partial charge in [0.15, 0.2) is 0 Å². The Balaban J connectivity index is 1.89. The van der Waals surface area contributed by atoms with E-state index in [1.54, 1.807) is 18.2 Å². The summed E-state index contributed by atoms with van der Waals surface area (Å²) < 4.78 is 28.2. The molecule has 132 valence electrons. The van der Waals surface area contributed by atoms with Crippen molar-refractivity contribution in [2.24, 2.45) is 5.92 Å². The highest BCUT2D eigenvalue weighted by Gasteiger charge is 2.33. The summed E-state index contributed by atoms with van der Waals surface area (Å²) in [6.07, 6.45) is 4.82. The molecule has 2 heterocycles. The molecule has 0 spiro atoms. The predicted molar refractivity (Wildman–Crippen MR) is 92.6 cm³/mol. The molecule has 1 fully saturated rings. The van der Waals surface area contributed by atoms with Crippen LogP contribution in [0.1, 0.15) is 52.6 Å². The molecule has 0 radical (unpaired) electrons. The quantitative estimate of drug-likeness (QED) is 0.859. The molecule has 0 aliphatic carbocycles. The van der Waals surface area contributed by atoms with Gasteiger partial charge in [-0.3, -0.25) is 4.68 Å². The summed E-state index contributed by atoms with van der Waals surface area (Å²) in [4.78, 5) is 0. The van der Waals surface area contributed by atoms with Crippen LogP contribution in [-0.4, -0.2) is 46.9 Å². The summed E-state index contributed by atoms with van der Waals surface area (Å²) in [6.45, 7) is 11.8. The normalized spacial score (nSPS) is 23.8. The summed E-state index contributed by atoms with van der Waals surface area (Å²) in [5.41, 5.74) is 1.17. The van der Waals surface area contributed by atoms with Crippen LogP contribution in [0.25, 0.3) is 0 Å². The minimum Gasteiger partial charge on any atom is -0.309 e. The van der Waals surface area contributed by atoms with E-state index in [2.05, 4.69) is 37.4 Å². The van der Waals surface area contributed by atoms with Gasteiger partial charge in [0, 0.05) is 43.5 Å². The van der Waals surface area contributed by atoms with Crippen molar-refractivity contribution in [3.05, 3.63) is 18.0 Å². The number of hydrogen-bond acceptors (Lipinski definition) is 4. The first-order valence-corrected chi connectivity index (χ1v) is 9.97. The van der Waals surface area contributed by atoms with E-state index in [1.165, 1.54) is 5.56 Å². The van der Waals surface area contributed by atoms with Crippen molar-refractivity contribution in [3.8, 4) is 0 Å². The van der Waals surface area contributed by atoms with Crippen molar-refractivity contribution in [2.45, 2.75) is 64.9 Å². The molecule has 2 rings (SSSR count). The number of rotatable bonds is 6. The first-order valence-electron chi connectivity index (χ1n) is 8.47. The van der Waals surface area contributed by atoms with Gasteiger partial charge in [-0.2, -0.15) is 5.10 Å². The van der Waals surface area contributed by atoms with Crippen LogP contribution in [0.2, 0.25) is 0 Å². The van der Waals surface area contributed by atoms with E-state index in [9.17, 15) is 8.42 Å². The molecule has 1 aliphatic rings. The van der Waals surface area contributed by atoms with Gasteiger partial charge in [0.1, 0.15) is 0 Å². The Morgan fingerprint density at radius 2 is 2.04 bits per heavy atom. The van der Waals surface area contributed by atoms with Crippen molar-refractivity contribution < 1.29 is 8.42 Å². The van der Waals surface area contributed by atoms with Gasteiger partial charge in [0.05, 0.1) is 11.4 Å². The van der Waals surface area contributed by atoms with Gasteiger partial charge in [-0.25, -0.2) is 12.7 Å². The van der Waals surface area contributed by atoms with Crippen molar-refractivity contribution >= 4 is 10.0 Å². The standard InChI is InChI=1S/C16H30N4O2S/c1-12(2)20-11-15(9-18-20)8-17-16-6-7-19(10-14(16)5)23(21,22)13(3)4/h9,11-14,16-17H,6-8,10H2,1-5H3. The third kappa shape index (κ3) is 4.33. The monoisotopic (exact) mass is 342 g/mol. The van der Waals surface area contributed by atoms with Crippen LogP contribution < -0.4 is 5.32 Å². The van der Waals surface area contributed by atoms with E-state index in [0.717, 1.165) is 13.0 Å². The summed E-state index contributed by atoms with van der Waals surface area (Å²) in [5, 5.41) is 7.57. The van der Waals surface area contributed by atoms with Gasteiger partial charge >= 0.3 is 0 Å². The second-order valence-electron chi connectivity index (χ2n) is 7.13. The molecule has 0 aromatic carbocycles. The van der Waals surface area contributed by atoms with E-state index >= 15 is 0 Å². The second kappa shape index (κ2) is 7.32. The van der Waals surface area contributed by atoms with Crippen molar-refractivity contribution in [1.29, 1.82) is 0 Å². The Bertz CT molecular complexity index is 609.